The van der Waals surface area contributed by atoms with Crippen LogP contribution in [-0.4, -0.2) is 11.0 Å². The Bertz CT molecular complexity index is 827. The zero-order valence-corrected chi connectivity index (χ0v) is 13.7. The molecule has 1 amide bonds. The maximum absolute atomic E-state index is 12.3. The van der Waals surface area contributed by atoms with E-state index in [4.69, 9.17) is 0 Å². The molecule has 0 spiro atoms. The van der Waals surface area contributed by atoms with Crippen LogP contribution in [0.5, 0.6) is 5.75 Å². The maximum Gasteiger partial charge on any atom is 0.255 e. The smallest absolute Gasteiger partial charge is 0.255 e. The van der Waals surface area contributed by atoms with Crippen LogP contribution in [0.15, 0.2) is 77.3 Å². The van der Waals surface area contributed by atoms with Crippen molar-refractivity contribution in [3.05, 3.63) is 82.8 Å². The summed E-state index contributed by atoms with van der Waals surface area (Å²) in [5.74, 6) is 0.0825. The molecule has 3 aromatic carbocycles. The molecule has 4 heteroatoms. The molecule has 0 bridgehead atoms. The van der Waals surface area contributed by atoms with E-state index in [2.05, 4.69) is 21.2 Å². The number of hydrogen-bond acceptors (Lipinski definition) is 2. The molecule has 0 atom stereocenters. The Kier molecular flexibility index (Phi) is 4.44. The van der Waals surface area contributed by atoms with Crippen molar-refractivity contribution in [2.45, 2.75) is 0 Å². The molecule has 3 nitrogen and oxygen atoms in total. The van der Waals surface area contributed by atoms with Crippen LogP contribution in [-0.2, 0) is 0 Å². The normalized spacial score (nSPS) is 10.3. The molecular weight excluding hydrogens is 354 g/mol. The molecule has 0 aliphatic heterocycles. The molecule has 3 aromatic rings. The van der Waals surface area contributed by atoms with E-state index in [1.807, 2.05) is 48.5 Å². The highest BCUT2D eigenvalue weighted by molar-refractivity contribution is 9.10. The van der Waals surface area contributed by atoms with E-state index < -0.39 is 0 Å². The fraction of sp³-hybridized carbons (Fsp3) is 0. The first-order valence-corrected chi connectivity index (χ1v) is 7.87. The molecule has 23 heavy (non-hydrogen) atoms. The number of phenols is 1. The second kappa shape index (κ2) is 6.67. The lowest BCUT2D eigenvalue weighted by molar-refractivity contribution is 0.102. The molecule has 0 unspecified atom stereocenters. The Morgan fingerprint density at radius 1 is 0.870 bits per heavy atom. The van der Waals surface area contributed by atoms with Crippen LogP contribution in [0.1, 0.15) is 10.4 Å². The van der Waals surface area contributed by atoms with Crippen LogP contribution in [0.2, 0.25) is 0 Å². The number of amides is 1. The third kappa shape index (κ3) is 3.79. The number of rotatable bonds is 3. The van der Waals surface area contributed by atoms with Crippen molar-refractivity contribution in [3.63, 3.8) is 0 Å². The number of phenolic OH excluding ortho intramolecular Hbond substituents is 1. The maximum atomic E-state index is 12.3. The molecule has 0 saturated carbocycles. The quantitative estimate of drug-likeness (QED) is 0.678. The van der Waals surface area contributed by atoms with Crippen LogP contribution in [0.4, 0.5) is 5.69 Å². The van der Waals surface area contributed by atoms with E-state index in [0.717, 1.165) is 21.3 Å². The van der Waals surface area contributed by atoms with Gasteiger partial charge in [-0.3, -0.25) is 4.79 Å². The molecular formula is C19H14BrNO2. The number of halogens is 1. The lowest BCUT2D eigenvalue weighted by atomic mass is 10.0. The molecule has 0 radical (unpaired) electrons. The molecule has 0 aliphatic rings. The van der Waals surface area contributed by atoms with Gasteiger partial charge in [-0.15, -0.1) is 0 Å². The fourth-order valence-electron chi connectivity index (χ4n) is 2.24. The van der Waals surface area contributed by atoms with E-state index in [1.165, 1.54) is 0 Å². The lowest BCUT2D eigenvalue weighted by Crippen LogP contribution is -2.11. The highest BCUT2D eigenvalue weighted by Crippen LogP contribution is 2.23. The molecule has 0 aliphatic carbocycles. The van der Waals surface area contributed by atoms with Crippen LogP contribution < -0.4 is 5.32 Å². The van der Waals surface area contributed by atoms with Crippen molar-refractivity contribution in [1.29, 1.82) is 0 Å². The number of aromatic hydroxyl groups is 1. The number of carbonyl (C=O) groups is 1. The van der Waals surface area contributed by atoms with Gasteiger partial charge in [0.15, 0.2) is 0 Å². The summed E-state index contributed by atoms with van der Waals surface area (Å²) in [6.07, 6.45) is 0. The van der Waals surface area contributed by atoms with E-state index in [1.54, 1.807) is 24.3 Å². The van der Waals surface area contributed by atoms with Crippen molar-refractivity contribution in [2.75, 3.05) is 5.32 Å². The zero-order chi connectivity index (χ0) is 16.2. The van der Waals surface area contributed by atoms with Gasteiger partial charge in [0.1, 0.15) is 5.75 Å². The van der Waals surface area contributed by atoms with Gasteiger partial charge in [-0.25, -0.2) is 0 Å². The van der Waals surface area contributed by atoms with Gasteiger partial charge < -0.3 is 10.4 Å². The summed E-state index contributed by atoms with van der Waals surface area (Å²) < 4.78 is 0.915. The summed E-state index contributed by atoms with van der Waals surface area (Å²) in [6.45, 7) is 0. The van der Waals surface area contributed by atoms with E-state index in [0.29, 0.717) is 5.56 Å². The summed E-state index contributed by atoms with van der Waals surface area (Å²) in [5.41, 5.74) is 3.31. The Morgan fingerprint density at radius 2 is 1.48 bits per heavy atom. The van der Waals surface area contributed by atoms with Crippen LogP contribution in [0.3, 0.4) is 0 Å². The van der Waals surface area contributed by atoms with Gasteiger partial charge >= 0.3 is 0 Å². The SMILES string of the molecule is O=C(Nc1cccc(Br)c1)c1ccc(-c2ccc(O)cc2)cc1. The monoisotopic (exact) mass is 367 g/mol. The third-order valence-electron chi connectivity index (χ3n) is 3.43. The van der Waals surface area contributed by atoms with Crippen molar-refractivity contribution < 1.29 is 9.90 Å². The van der Waals surface area contributed by atoms with Crippen molar-refractivity contribution in [3.8, 4) is 16.9 Å². The number of benzene rings is 3. The molecule has 114 valence electrons. The van der Waals surface area contributed by atoms with E-state index in [9.17, 15) is 9.90 Å². The van der Waals surface area contributed by atoms with Crippen molar-refractivity contribution in [2.24, 2.45) is 0 Å². The van der Waals surface area contributed by atoms with Gasteiger partial charge in [0.25, 0.3) is 5.91 Å². The molecule has 0 saturated heterocycles. The Labute approximate surface area is 142 Å². The van der Waals surface area contributed by atoms with Crippen LogP contribution in [0, 0.1) is 0 Å². The minimum Gasteiger partial charge on any atom is -0.508 e. The van der Waals surface area contributed by atoms with Gasteiger partial charge in [-0.2, -0.15) is 0 Å². The topological polar surface area (TPSA) is 49.3 Å². The van der Waals surface area contributed by atoms with Gasteiger partial charge in [0.05, 0.1) is 0 Å². The Hall–Kier alpha value is -2.59. The van der Waals surface area contributed by atoms with Crippen molar-refractivity contribution >= 4 is 27.5 Å². The summed E-state index contributed by atoms with van der Waals surface area (Å²) >= 11 is 3.38. The highest BCUT2D eigenvalue weighted by atomic mass is 79.9. The third-order valence-corrected chi connectivity index (χ3v) is 3.92. The summed E-state index contributed by atoms with van der Waals surface area (Å²) in [4.78, 5) is 12.3. The first kappa shape index (κ1) is 15.3. The second-order valence-electron chi connectivity index (χ2n) is 5.09. The number of anilines is 1. The lowest BCUT2D eigenvalue weighted by Gasteiger charge is -2.07. The molecule has 3 rings (SSSR count). The average molecular weight is 368 g/mol. The van der Waals surface area contributed by atoms with E-state index >= 15 is 0 Å². The standard InChI is InChI=1S/C19H14BrNO2/c20-16-2-1-3-17(12-16)21-19(23)15-6-4-13(5-7-15)14-8-10-18(22)11-9-14/h1-12,22H,(H,21,23). The first-order chi connectivity index (χ1) is 11.1. The number of carbonyl (C=O) groups excluding carboxylic acids is 1. The molecule has 2 N–H and O–H groups in total. The largest absolute Gasteiger partial charge is 0.508 e. The van der Waals surface area contributed by atoms with Gasteiger partial charge in [0, 0.05) is 15.7 Å². The van der Waals surface area contributed by atoms with Gasteiger partial charge in [-0.05, 0) is 53.6 Å². The minimum atomic E-state index is -0.152. The second-order valence-corrected chi connectivity index (χ2v) is 6.00. The predicted octanol–water partition coefficient (Wildman–Crippen LogP) is 5.07. The predicted molar refractivity (Wildman–Crippen MR) is 95.6 cm³/mol. The fourth-order valence-corrected chi connectivity index (χ4v) is 2.64. The average Bonchev–Trinajstić information content (AvgIpc) is 2.56. The van der Waals surface area contributed by atoms with Crippen molar-refractivity contribution in [1.82, 2.24) is 0 Å². The zero-order valence-electron chi connectivity index (χ0n) is 12.2. The molecule has 0 heterocycles. The van der Waals surface area contributed by atoms with Gasteiger partial charge in [-0.1, -0.05) is 46.3 Å². The minimum absolute atomic E-state index is 0.152. The van der Waals surface area contributed by atoms with Crippen LogP contribution >= 0.6 is 15.9 Å². The number of nitrogens with one attached hydrogen (secondary N) is 1. The Balaban J connectivity index is 1.76. The highest BCUT2D eigenvalue weighted by Gasteiger charge is 2.07. The molecule has 0 aromatic heterocycles. The summed E-state index contributed by atoms with van der Waals surface area (Å²) in [6, 6.07) is 21.8. The summed E-state index contributed by atoms with van der Waals surface area (Å²) in [5, 5.41) is 12.2. The Morgan fingerprint density at radius 3 is 2.09 bits per heavy atom. The van der Waals surface area contributed by atoms with Gasteiger partial charge in [0.2, 0.25) is 0 Å². The number of hydrogen-bond donors (Lipinski definition) is 2. The summed E-state index contributed by atoms with van der Waals surface area (Å²) in [7, 11) is 0. The van der Waals surface area contributed by atoms with E-state index in [-0.39, 0.29) is 11.7 Å². The van der Waals surface area contributed by atoms with Crippen LogP contribution in [0.25, 0.3) is 11.1 Å². The first-order valence-electron chi connectivity index (χ1n) is 7.08. The molecule has 0 fully saturated rings.